The van der Waals surface area contributed by atoms with Crippen LogP contribution in [-0.4, -0.2) is 29.8 Å². The molecular formula is C21H13N7O. The summed E-state index contributed by atoms with van der Waals surface area (Å²) < 4.78 is 7.53. The fourth-order valence-electron chi connectivity index (χ4n) is 3.52. The molecule has 2 N–H and O–H groups in total. The molecule has 138 valence electrons. The van der Waals surface area contributed by atoms with E-state index >= 15 is 0 Å². The third kappa shape index (κ3) is 2.36. The molecule has 6 aromatic rings. The van der Waals surface area contributed by atoms with Gasteiger partial charge in [-0.2, -0.15) is 9.61 Å². The highest BCUT2D eigenvalue weighted by atomic mass is 16.4. The normalized spacial score (nSPS) is 11.6. The van der Waals surface area contributed by atoms with Gasteiger partial charge in [0.05, 0.1) is 22.1 Å². The van der Waals surface area contributed by atoms with E-state index in [1.165, 1.54) is 0 Å². The summed E-state index contributed by atoms with van der Waals surface area (Å²) in [5.74, 6) is 0.986. The lowest BCUT2D eigenvalue weighted by Gasteiger charge is -2.02. The molecule has 0 unspecified atom stereocenters. The Kier molecular flexibility index (Phi) is 3.16. The van der Waals surface area contributed by atoms with Gasteiger partial charge in [-0.25, -0.2) is 4.98 Å². The number of fused-ring (bicyclic) bond motifs is 4. The Labute approximate surface area is 163 Å². The highest BCUT2D eigenvalue weighted by molar-refractivity contribution is 5.95. The molecule has 2 aromatic carbocycles. The van der Waals surface area contributed by atoms with Gasteiger partial charge in [0.15, 0.2) is 5.69 Å². The van der Waals surface area contributed by atoms with E-state index in [2.05, 4.69) is 25.3 Å². The lowest BCUT2D eigenvalue weighted by Crippen LogP contribution is -2.02. The number of benzene rings is 2. The summed E-state index contributed by atoms with van der Waals surface area (Å²) in [6.45, 7) is 0. The average molecular weight is 379 g/mol. The molecule has 0 bridgehead atoms. The highest BCUT2D eigenvalue weighted by Gasteiger charge is 2.18. The van der Waals surface area contributed by atoms with Crippen molar-refractivity contribution in [1.29, 1.82) is 0 Å². The van der Waals surface area contributed by atoms with Crippen molar-refractivity contribution in [2.24, 2.45) is 0 Å². The molecule has 0 aliphatic rings. The molecule has 0 spiro atoms. The summed E-state index contributed by atoms with van der Waals surface area (Å²) in [5, 5.41) is 14.9. The quantitative estimate of drug-likeness (QED) is 0.488. The lowest BCUT2D eigenvalue weighted by molar-refractivity contribution is 0.582. The molecule has 0 aliphatic carbocycles. The van der Waals surface area contributed by atoms with Crippen LogP contribution in [0.2, 0.25) is 0 Å². The van der Waals surface area contributed by atoms with E-state index < -0.39 is 0 Å². The SMILES string of the molecule is Nc1nc2ccccc2c2cc(-c3nnc(-c4cccc5cccnc45)o3)nn12. The molecule has 0 saturated carbocycles. The molecular weight excluding hydrogens is 366 g/mol. The topological polar surface area (TPSA) is 108 Å². The van der Waals surface area contributed by atoms with E-state index in [9.17, 15) is 0 Å². The molecule has 0 fully saturated rings. The molecule has 29 heavy (non-hydrogen) atoms. The van der Waals surface area contributed by atoms with E-state index in [-0.39, 0.29) is 0 Å². The number of pyridine rings is 1. The van der Waals surface area contributed by atoms with E-state index in [1.54, 1.807) is 10.7 Å². The predicted octanol–water partition coefficient (Wildman–Crippen LogP) is 3.73. The second kappa shape index (κ2) is 5.83. The number of hydrogen-bond acceptors (Lipinski definition) is 7. The first kappa shape index (κ1) is 15.7. The van der Waals surface area contributed by atoms with Crippen LogP contribution in [-0.2, 0) is 0 Å². The Morgan fingerprint density at radius 1 is 0.897 bits per heavy atom. The molecule has 6 rings (SSSR count). The first-order valence-electron chi connectivity index (χ1n) is 9.00. The fraction of sp³-hybridized carbons (Fsp3) is 0. The Hall–Kier alpha value is -4.33. The summed E-state index contributed by atoms with van der Waals surface area (Å²) in [7, 11) is 0. The summed E-state index contributed by atoms with van der Waals surface area (Å²) in [5.41, 5.74) is 9.83. The fourth-order valence-corrected chi connectivity index (χ4v) is 3.52. The molecule has 0 radical (unpaired) electrons. The minimum atomic E-state index is 0.294. The van der Waals surface area contributed by atoms with Crippen LogP contribution >= 0.6 is 0 Å². The molecule has 8 heteroatoms. The van der Waals surface area contributed by atoms with Crippen molar-refractivity contribution >= 4 is 33.3 Å². The number of nitrogen functional groups attached to an aromatic ring is 1. The predicted molar refractivity (Wildman–Crippen MR) is 109 cm³/mol. The Balaban J connectivity index is 1.52. The van der Waals surface area contributed by atoms with E-state index in [4.69, 9.17) is 10.2 Å². The molecule has 8 nitrogen and oxygen atoms in total. The molecule has 4 heterocycles. The van der Waals surface area contributed by atoms with Crippen LogP contribution in [0.25, 0.3) is 50.4 Å². The number of para-hydroxylation sites is 2. The molecule has 0 aliphatic heterocycles. The largest absolute Gasteiger partial charge is 0.414 e. The van der Waals surface area contributed by atoms with Gasteiger partial charge >= 0.3 is 0 Å². The van der Waals surface area contributed by atoms with Gasteiger partial charge in [-0.05, 0) is 24.3 Å². The van der Waals surface area contributed by atoms with Gasteiger partial charge in [-0.1, -0.05) is 36.4 Å². The van der Waals surface area contributed by atoms with Gasteiger partial charge in [0, 0.05) is 17.0 Å². The standard InChI is InChI=1S/C21H13N7O/c22-21-24-15-9-2-1-7-13(15)17-11-16(27-28(17)21)20-26-25-19(29-20)14-8-3-5-12-6-4-10-23-18(12)14/h1-11H,(H2,22,24). The maximum Gasteiger partial charge on any atom is 0.268 e. The smallest absolute Gasteiger partial charge is 0.268 e. The lowest BCUT2D eigenvalue weighted by atomic mass is 10.1. The van der Waals surface area contributed by atoms with Crippen molar-refractivity contribution in [3.63, 3.8) is 0 Å². The minimum absolute atomic E-state index is 0.294. The first-order valence-corrected chi connectivity index (χ1v) is 9.00. The van der Waals surface area contributed by atoms with Crippen LogP contribution in [0.5, 0.6) is 0 Å². The van der Waals surface area contributed by atoms with Crippen molar-refractivity contribution in [2.75, 3.05) is 5.73 Å². The molecule has 4 aromatic heterocycles. The summed E-state index contributed by atoms with van der Waals surface area (Å²) in [6.07, 6.45) is 1.74. The summed E-state index contributed by atoms with van der Waals surface area (Å²) >= 11 is 0. The minimum Gasteiger partial charge on any atom is -0.414 e. The van der Waals surface area contributed by atoms with Gasteiger partial charge in [-0.15, -0.1) is 10.2 Å². The van der Waals surface area contributed by atoms with Gasteiger partial charge in [0.1, 0.15) is 0 Å². The van der Waals surface area contributed by atoms with E-state index in [1.807, 2.05) is 60.7 Å². The second-order valence-electron chi connectivity index (χ2n) is 6.61. The maximum atomic E-state index is 6.09. The van der Waals surface area contributed by atoms with E-state index in [0.717, 1.165) is 32.9 Å². The maximum absolute atomic E-state index is 6.09. The van der Waals surface area contributed by atoms with Gasteiger partial charge in [-0.3, -0.25) is 4.98 Å². The van der Waals surface area contributed by atoms with Crippen molar-refractivity contribution in [2.45, 2.75) is 0 Å². The third-order valence-corrected chi connectivity index (χ3v) is 4.85. The van der Waals surface area contributed by atoms with Crippen molar-refractivity contribution in [3.8, 4) is 23.0 Å². The van der Waals surface area contributed by atoms with Crippen LogP contribution in [0.15, 0.2) is 71.3 Å². The van der Waals surface area contributed by atoms with Crippen molar-refractivity contribution < 1.29 is 4.42 Å². The zero-order valence-corrected chi connectivity index (χ0v) is 15.0. The van der Waals surface area contributed by atoms with Gasteiger partial charge in [0.2, 0.25) is 11.8 Å². The second-order valence-corrected chi connectivity index (χ2v) is 6.61. The van der Waals surface area contributed by atoms with Crippen LogP contribution < -0.4 is 5.73 Å². The molecule has 0 atom stereocenters. The monoisotopic (exact) mass is 379 g/mol. The molecule has 0 saturated heterocycles. The number of aromatic nitrogens is 6. The van der Waals surface area contributed by atoms with E-state index in [0.29, 0.717) is 23.4 Å². The van der Waals surface area contributed by atoms with Crippen LogP contribution in [0, 0.1) is 0 Å². The Morgan fingerprint density at radius 3 is 2.72 bits per heavy atom. The van der Waals surface area contributed by atoms with Crippen LogP contribution in [0.3, 0.4) is 0 Å². The summed E-state index contributed by atoms with van der Waals surface area (Å²) in [4.78, 5) is 8.85. The molecule has 0 amide bonds. The van der Waals surface area contributed by atoms with Crippen LogP contribution in [0.1, 0.15) is 0 Å². The zero-order valence-electron chi connectivity index (χ0n) is 15.0. The zero-order chi connectivity index (χ0) is 19.4. The number of hydrogen-bond donors (Lipinski definition) is 1. The number of rotatable bonds is 2. The first-order chi connectivity index (χ1) is 14.3. The number of nitrogens with zero attached hydrogens (tertiary/aromatic N) is 6. The van der Waals surface area contributed by atoms with Gasteiger partial charge < -0.3 is 10.2 Å². The highest BCUT2D eigenvalue weighted by Crippen LogP contribution is 2.30. The van der Waals surface area contributed by atoms with Crippen LogP contribution in [0.4, 0.5) is 5.95 Å². The van der Waals surface area contributed by atoms with Gasteiger partial charge in [0.25, 0.3) is 5.89 Å². The number of anilines is 1. The van der Waals surface area contributed by atoms with Crippen molar-refractivity contribution in [3.05, 3.63) is 66.9 Å². The Morgan fingerprint density at radius 2 is 1.76 bits per heavy atom. The average Bonchev–Trinajstić information content (AvgIpc) is 3.41. The number of nitrogens with two attached hydrogens (primary N) is 1. The Bertz CT molecular complexity index is 1530. The summed E-state index contributed by atoms with van der Waals surface area (Å²) in [6, 6.07) is 19.4. The van der Waals surface area contributed by atoms with Crippen molar-refractivity contribution in [1.82, 2.24) is 29.8 Å². The third-order valence-electron chi connectivity index (χ3n) is 4.85.